The number of rotatable bonds is 5. The van der Waals surface area contributed by atoms with Crippen LogP contribution in [0.5, 0.6) is 0 Å². The Morgan fingerprint density at radius 3 is 2.52 bits per heavy atom. The van der Waals surface area contributed by atoms with E-state index in [0.29, 0.717) is 28.5 Å². The Morgan fingerprint density at radius 2 is 1.84 bits per heavy atom. The van der Waals surface area contributed by atoms with E-state index >= 15 is 0 Å². The maximum atomic E-state index is 12.2. The number of carbonyl (C=O) groups excluding carboxylic acids is 2. The van der Waals surface area contributed by atoms with Crippen molar-refractivity contribution in [2.24, 2.45) is 0 Å². The van der Waals surface area contributed by atoms with Crippen molar-refractivity contribution in [3.63, 3.8) is 0 Å². The topological polar surface area (TPSA) is 64.0 Å². The van der Waals surface area contributed by atoms with Gasteiger partial charge in [-0.3, -0.25) is 9.59 Å². The first-order valence-electron chi connectivity index (χ1n) is 7.70. The molecular weight excluding hydrogens is 338 g/mol. The lowest BCUT2D eigenvalue weighted by Gasteiger charge is -2.04. The number of benzene rings is 2. The zero-order chi connectivity index (χ0) is 17.8. The third-order valence-corrected chi connectivity index (χ3v) is 3.92. The van der Waals surface area contributed by atoms with E-state index in [0.717, 1.165) is 5.56 Å². The molecule has 6 heteroatoms. The minimum absolute atomic E-state index is 0.0354. The summed E-state index contributed by atoms with van der Waals surface area (Å²) in [6, 6.07) is 14.1. The quantitative estimate of drug-likeness (QED) is 0.704. The van der Waals surface area contributed by atoms with Gasteiger partial charge in [0.1, 0.15) is 0 Å². The second-order valence-corrected chi connectivity index (χ2v) is 6.09. The molecule has 0 radical (unpaired) electrons. The third kappa shape index (κ3) is 4.33. The van der Waals surface area contributed by atoms with Crippen LogP contribution >= 0.6 is 11.6 Å². The van der Waals surface area contributed by atoms with Crippen molar-refractivity contribution in [2.45, 2.75) is 13.5 Å². The van der Waals surface area contributed by atoms with Crippen LogP contribution in [-0.2, 0) is 6.54 Å². The van der Waals surface area contributed by atoms with Crippen molar-refractivity contribution in [1.82, 2.24) is 9.55 Å². The summed E-state index contributed by atoms with van der Waals surface area (Å²) in [6.45, 7) is 2.10. The second kappa shape index (κ2) is 7.32. The fraction of sp³-hybridized carbons (Fsp3) is 0.105. The van der Waals surface area contributed by atoms with E-state index in [2.05, 4.69) is 10.3 Å². The van der Waals surface area contributed by atoms with Gasteiger partial charge >= 0.3 is 0 Å². The Bertz CT molecular complexity index is 916. The minimum Gasteiger partial charge on any atom is -0.331 e. The number of imidazole rings is 1. The highest BCUT2D eigenvalue weighted by molar-refractivity contribution is 6.30. The molecule has 0 saturated carbocycles. The average Bonchev–Trinajstić information content (AvgIpc) is 3.01. The average molecular weight is 354 g/mol. The number of hydrogen-bond acceptors (Lipinski definition) is 3. The van der Waals surface area contributed by atoms with Gasteiger partial charge in [0.25, 0.3) is 5.91 Å². The van der Waals surface area contributed by atoms with Crippen LogP contribution in [-0.4, -0.2) is 21.2 Å². The van der Waals surface area contributed by atoms with Crippen molar-refractivity contribution < 1.29 is 9.59 Å². The first kappa shape index (κ1) is 16.9. The number of ketones is 1. The summed E-state index contributed by atoms with van der Waals surface area (Å²) in [4.78, 5) is 27.7. The molecule has 0 spiro atoms. The lowest BCUT2D eigenvalue weighted by atomic mass is 10.1. The Labute approximate surface area is 150 Å². The Hall–Kier alpha value is -2.92. The number of nitrogens with zero attached hydrogens (tertiary/aromatic N) is 2. The molecule has 5 nitrogen and oxygen atoms in total. The SMILES string of the molecule is CC(=O)c1ccc(C(=O)Nc2cn(Cc3cccc(Cl)c3)cn2)cc1. The van der Waals surface area contributed by atoms with Crippen molar-refractivity contribution in [3.8, 4) is 0 Å². The summed E-state index contributed by atoms with van der Waals surface area (Å²) in [7, 11) is 0. The van der Waals surface area contributed by atoms with Crippen LogP contribution in [0.25, 0.3) is 0 Å². The van der Waals surface area contributed by atoms with Gasteiger partial charge in [0.15, 0.2) is 11.6 Å². The molecule has 1 amide bonds. The number of Topliss-reactive ketones (excluding diaryl/α,β-unsaturated/α-hetero) is 1. The van der Waals surface area contributed by atoms with Gasteiger partial charge in [-0.05, 0) is 36.8 Å². The Kier molecular flexibility index (Phi) is 4.95. The number of anilines is 1. The third-order valence-electron chi connectivity index (χ3n) is 3.68. The summed E-state index contributed by atoms with van der Waals surface area (Å²) in [5.74, 6) is 0.150. The fourth-order valence-electron chi connectivity index (χ4n) is 2.40. The Morgan fingerprint density at radius 1 is 1.12 bits per heavy atom. The van der Waals surface area contributed by atoms with E-state index in [1.165, 1.54) is 6.92 Å². The highest BCUT2D eigenvalue weighted by atomic mass is 35.5. The smallest absolute Gasteiger partial charge is 0.256 e. The van der Waals surface area contributed by atoms with Gasteiger partial charge in [-0.25, -0.2) is 4.98 Å². The molecule has 25 heavy (non-hydrogen) atoms. The van der Waals surface area contributed by atoms with Crippen LogP contribution < -0.4 is 5.32 Å². The summed E-state index contributed by atoms with van der Waals surface area (Å²) in [5.41, 5.74) is 2.08. The number of halogens is 1. The summed E-state index contributed by atoms with van der Waals surface area (Å²) in [5, 5.41) is 3.42. The van der Waals surface area contributed by atoms with Crippen molar-refractivity contribution in [1.29, 1.82) is 0 Å². The van der Waals surface area contributed by atoms with Crippen LogP contribution in [0.15, 0.2) is 61.1 Å². The molecule has 3 rings (SSSR count). The molecule has 1 heterocycles. The standard InChI is InChI=1S/C19H16ClN3O2/c1-13(24)15-5-7-16(8-6-15)19(25)22-18-11-23(12-21-18)10-14-3-2-4-17(20)9-14/h2-9,11-12H,10H2,1H3,(H,22,25). The molecule has 0 aliphatic rings. The van der Waals surface area contributed by atoms with Gasteiger partial charge in [-0.2, -0.15) is 0 Å². The van der Waals surface area contributed by atoms with E-state index in [1.807, 2.05) is 28.8 Å². The van der Waals surface area contributed by atoms with E-state index in [4.69, 9.17) is 11.6 Å². The molecule has 0 bridgehead atoms. The molecular formula is C19H16ClN3O2. The van der Waals surface area contributed by atoms with E-state index in [1.54, 1.807) is 36.8 Å². The van der Waals surface area contributed by atoms with Crippen LogP contribution in [0.3, 0.4) is 0 Å². The van der Waals surface area contributed by atoms with E-state index in [-0.39, 0.29) is 11.7 Å². The number of amides is 1. The largest absolute Gasteiger partial charge is 0.331 e. The molecule has 1 aromatic heterocycles. The van der Waals surface area contributed by atoms with Crippen molar-refractivity contribution >= 4 is 29.1 Å². The normalized spacial score (nSPS) is 10.5. The maximum absolute atomic E-state index is 12.2. The summed E-state index contributed by atoms with van der Waals surface area (Å²) < 4.78 is 1.86. The summed E-state index contributed by atoms with van der Waals surface area (Å²) >= 11 is 5.98. The van der Waals surface area contributed by atoms with Gasteiger partial charge in [-0.15, -0.1) is 0 Å². The van der Waals surface area contributed by atoms with Crippen molar-refractivity contribution in [2.75, 3.05) is 5.32 Å². The van der Waals surface area contributed by atoms with Crippen LogP contribution in [0.4, 0.5) is 5.82 Å². The highest BCUT2D eigenvalue weighted by Gasteiger charge is 2.09. The molecule has 0 fully saturated rings. The van der Waals surface area contributed by atoms with Gasteiger partial charge in [0, 0.05) is 28.9 Å². The molecule has 0 saturated heterocycles. The second-order valence-electron chi connectivity index (χ2n) is 5.65. The molecule has 0 atom stereocenters. The lowest BCUT2D eigenvalue weighted by Crippen LogP contribution is -2.12. The van der Waals surface area contributed by atoms with E-state index in [9.17, 15) is 9.59 Å². The van der Waals surface area contributed by atoms with Crippen molar-refractivity contribution in [3.05, 3.63) is 82.8 Å². The minimum atomic E-state index is -0.275. The fourth-order valence-corrected chi connectivity index (χ4v) is 2.61. The molecule has 2 aromatic carbocycles. The summed E-state index contributed by atoms with van der Waals surface area (Å²) in [6.07, 6.45) is 3.40. The predicted octanol–water partition coefficient (Wildman–Crippen LogP) is 4.04. The Balaban J connectivity index is 1.66. The molecule has 0 unspecified atom stereocenters. The van der Waals surface area contributed by atoms with Gasteiger partial charge in [0.05, 0.1) is 6.33 Å². The molecule has 126 valence electrons. The number of aromatic nitrogens is 2. The van der Waals surface area contributed by atoms with Crippen LogP contribution in [0.1, 0.15) is 33.2 Å². The first-order valence-corrected chi connectivity index (χ1v) is 8.07. The van der Waals surface area contributed by atoms with Crippen LogP contribution in [0.2, 0.25) is 5.02 Å². The van der Waals surface area contributed by atoms with E-state index < -0.39 is 0 Å². The number of carbonyl (C=O) groups is 2. The molecule has 3 aromatic rings. The van der Waals surface area contributed by atoms with Gasteiger partial charge < -0.3 is 9.88 Å². The predicted molar refractivity (Wildman–Crippen MR) is 97.2 cm³/mol. The maximum Gasteiger partial charge on any atom is 0.256 e. The zero-order valence-electron chi connectivity index (χ0n) is 13.6. The lowest BCUT2D eigenvalue weighted by molar-refractivity contribution is 0.100. The molecule has 1 N–H and O–H groups in total. The van der Waals surface area contributed by atoms with Gasteiger partial charge in [-0.1, -0.05) is 35.9 Å². The monoisotopic (exact) mass is 353 g/mol. The van der Waals surface area contributed by atoms with Gasteiger partial charge in [0.2, 0.25) is 0 Å². The first-order chi connectivity index (χ1) is 12.0. The number of hydrogen-bond donors (Lipinski definition) is 1. The highest BCUT2D eigenvalue weighted by Crippen LogP contribution is 2.14. The zero-order valence-corrected chi connectivity index (χ0v) is 14.3. The number of nitrogens with one attached hydrogen (secondary N) is 1. The van der Waals surface area contributed by atoms with Crippen LogP contribution in [0, 0.1) is 0 Å². The molecule has 0 aliphatic carbocycles. The molecule has 0 aliphatic heterocycles.